The minimum atomic E-state index is -0.420. The Kier molecular flexibility index (Phi) is 3.59. The maximum atomic E-state index is 12.7. The highest BCUT2D eigenvalue weighted by molar-refractivity contribution is 6.22. The zero-order valence-electron chi connectivity index (χ0n) is 15.1. The number of carbonyl (C=O) groups excluding carboxylic acids is 3. The highest BCUT2D eigenvalue weighted by Crippen LogP contribution is 2.47. The average Bonchev–Trinajstić information content (AvgIpc) is 3.46. The summed E-state index contributed by atoms with van der Waals surface area (Å²) in [5.74, 6) is -1.14. The van der Waals surface area contributed by atoms with Gasteiger partial charge in [0.1, 0.15) is 6.54 Å². The van der Waals surface area contributed by atoms with E-state index in [1.807, 2.05) is 24.3 Å². The van der Waals surface area contributed by atoms with Crippen LogP contribution in [0.15, 0.2) is 66.7 Å². The monoisotopic (exact) mass is 370 g/mol. The molecule has 0 atom stereocenters. The van der Waals surface area contributed by atoms with E-state index < -0.39 is 17.4 Å². The van der Waals surface area contributed by atoms with E-state index in [2.05, 4.69) is 23.5 Å². The van der Waals surface area contributed by atoms with E-state index in [4.69, 9.17) is 0 Å². The van der Waals surface area contributed by atoms with Crippen LogP contribution in [0.3, 0.4) is 0 Å². The van der Waals surface area contributed by atoms with E-state index >= 15 is 0 Å². The number of nitrogens with one attached hydrogen (secondary N) is 1. The van der Waals surface area contributed by atoms with Crippen LogP contribution in [0.25, 0.3) is 10.8 Å². The van der Waals surface area contributed by atoms with Gasteiger partial charge < -0.3 is 5.32 Å². The molecule has 3 aromatic carbocycles. The standard InChI is InChI=1S/C23H18N2O3/c26-20(14-25-21(27)17-9-3-4-10-18(17)22(25)28)24-23(12-13-23)19-11-5-7-15-6-1-2-8-16(15)19/h1-11H,12-14H2,(H,24,26). The van der Waals surface area contributed by atoms with Gasteiger partial charge in [-0.25, -0.2) is 0 Å². The van der Waals surface area contributed by atoms with Crippen molar-refractivity contribution in [3.63, 3.8) is 0 Å². The summed E-state index contributed by atoms with van der Waals surface area (Å²) in [5, 5.41) is 5.33. The molecule has 0 bridgehead atoms. The second kappa shape index (κ2) is 6.02. The molecule has 5 heteroatoms. The van der Waals surface area contributed by atoms with Gasteiger partial charge in [0.15, 0.2) is 0 Å². The Morgan fingerprint density at radius 3 is 2.14 bits per heavy atom. The maximum absolute atomic E-state index is 12.7. The van der Waals surface area contributed by atoms with Crippen LogP contribution >= 0.6 is 0 Å². The van der Waals surface area contributed by atoms with E-state index in [1.54, 1.807) is 24.3 Å². The lowest BCUT2D eigenvalue weighted by molar-refractivity contribution is -0.122. The Labute approximate surface area is 162 Å². The van der Waals surface area contributed by atoms with E-state index in [-0.39, 0.29) is 12.5 Å². The van der Waals surface area contributed by atoms with Gasteiger partial charge in [0.25, 0.3) is 11.8 Å². The molecule has 1 saturated carbocycles. The maximum Gasteiger partial charge on any atom is 0.262 e. The normalized spacial score (nSPS) is 16.9. The number of imide groups is 1. The van der Waals surface area contributed by atoms with Gasteiger partial charge in [-0.1, -0.05) is 54.6 Å². The predicted molar refractivity (Wildman–Crippen MR) is 105 cm³/mol. The molecule has 0 spiro atoms. The number of fused-ring (bicyclic) bond motifs is 2. The molecule has 5 nitrogen and oxygen atoms in total. The first-order chi connectivity index (χ1) is 13.6. The lowest BCUT2D eigenvalue weighted by atomic mass is 9.97. The molecule has 1 aliphatic carbocycles. The predicted octanol–water partition coefficient (Wildman–Crippen LogP) is 3.24. The van der Waals surface area contributed by atoms with Crippen molar-refractivity contribution < 1.29 is 14.4 Å². The van der Waals surface area contributed by atoms with E-state index in [9.17, 15) is 14.4 Å². The van der Waals surface area contributed by atoms with Gasteiger partial charge in [-0.05, 0) is 41.3 Å². The second-order valence-electron chi connectivity index (χ2n) is 7.40. The molecule has 0 radical (unpaired) electrons. The fraction of sp³-hybridized carbons (Fsp3) is 0.174. The Hall–Kier alpha value is -3.47. The van der Waals surface area contributed by atoms with Crippen LogP contribution in [0, 0.1) is 0 Å². The third kappa shape index (κ3) is 2.51. The van der Waals surface area contributed by atoms with Crippen molar-refractivity contribution >= 4 is 28.5 Å². The van der Waals surface area contributed by atoms with Gasteiger partial charge in [-0.3, -0.25) is 19.3 Å². The molecular formula is C23H18N2O3. The minimum Gasteiger partial charge on any atom is -0.345 e. The number of hydrogen-bond donors (Lipinski definition) is 1. The van der Waals surface area contributed by atoms with Crippen molar-refractivity contribution in [2.45, 2.75) is 18.4 Å². The molecule has 0 aromatic heterocycles. The first-order valence-electron chi connectivity index (χ1n) is 9.34. The SMILES string of the molecule is O=C(CN1C(=O)c2ccccc2C1=O)NC1(c2cccc3ccccc23)CC1. The second-order valence-corrected chi connectivity index (χ2v) is 7.40. The molecule has 5 rings (SSSR count). The van der Waals surface area contributed by atoms with Crippen molar-refractivity contribution in [1.29, 1.82) is 0 Å². The number of benzene rings is 3. The molecule has 1 N–H and O–H groups in total. The summed E-state index contributed by atoms with van der Waals surface area (Å²) < 4.78 is 0. The summed E-state index contributed by atoms with van der Waals surface area (Å²) in [6, 6.07) is 20.8. The van der Waals surface area contributed by atoms with Gasteiger partial charge in [-0.2, -0.15) is 0 Å². The van der Waals surface area contributed by atoms with Crippen LogP contribution in [-0.2, 0) is 10.3 Å². The molecule has 138 valence electrons. The van der Waals surface area contributed by atoms with Gasteiger partial charge in [0.2, 0.25) is 5.91 Å². The average molecular weight is 370 g/mol. The topological polar surface area (TPSA) is 66.5 Å². The highest BCUT2D eigenvalue weighted by Gasteiger charge is 2.47. The van der Waals surface area contributed by atoms with Crippen LogP contribution in [-0.4, -0.2) is 29.2 Å². The fourth-order valence-corrected chi connectivity index (χ4v) is 4.06. The van der Waals surface area contributed by atoms with Crippen LogP contribution in [0.2, 0.25) is 0 Å². The molecule has 2 aliphatic rings. The highest BCUT2D eigenvalue weighted by atomic mass is 16.2. The smallest absolute Gasteiger partial charge is 0.262 e. The summed E-state index contributed by atoms with van der Waals surface area (Å²) in [6.07, 6.45) is 1.68. The lowest BCUT2D eigenvalue weighted by Gasteiger charge is -2.22. The van der Waals surface area contributed by atoms with Crippen molar-refractivity contribution in [2.24, 2.45) is 0 Å². The molecule has 28 heavy (non-hydrogen) atoms. The quantitative estimate of drug-likeness (QED) is 0.717. The number of rotatable bonds is 4. The molecule has 1 fully saturated rings. The first-order valence-corrected chi connectivity index (χ1v) is 9.34. The van der Waals surface area contributed by atoms with Crippen LogP contribution in [0.5, 0.6) is 0 Å². The van der Waals surface area contributed by atoms with Crippen LogP contribution < -0.4 is 5.32 Å². The third-order valence-electron chi connectivity index (χ3n) is 5.61. The van der Waals surface area contributed by atoms with Crippen molar-refractivity contribution in [3.8, 4) is 0 Å². The Morgan fingerprint density at radius 1 is 0.857 bits per heavy atom. The molecule has 0 unspecified atom stereocenters. The van der Waals surface area contributed by atoms with E-state index in [0.717, 1.165) is 34.1 Å². The molecular weight excluding hydrogens is 352 g/mol. The molecule has 0 saturated heterocycles. The molecule has 3 aromatic rings. The summed E-state index contributed by atoms with van der Waals surface area (Å²) >= 11 is 0. The number of hydrogen-bond acceptors (Lipinski definition) is 3. The number of nitrogens with zero attached hydrogens (tertiary/aromatic N) is 1. The Balaban J connectivity index is 1.38. The fourth-order valence-electron chi connectivity index (χ4n) is 4.06. The van der Waals surface area contributed by atoms with Crippen molar-refractivity contribution in [1.82, 2.24) is 10.2 Å². The summed E-state index contributed by atoms with van der Waals surface area (Å²) in [5.41, 5.74) is 1.38. The number of carbonyl (C=O) groups is 3. The van der Waals surface area contributed by atoms with Gasteiger partial charge in [-0.15, -0.1) is 0 Å². The summed E-state index contributed by atoms with van der Waals surface area (Å²) in [4.78, 5) is 38.8. The summed E-state index contributed by atoms with van der Waals surface area (Å²) in [7, 11) is 0. The summed E-state index contributed by atoms with van der Waals surface area (Å²) in [6.45, 7) is -0.265. The van der Waals surface area contributed by atoms with Gasteiger partial charge >= 0.3 is 0 Å². The molecule has 1 heterocycles. The van der Waals surface area contributed by atoms with Crippen LogP contribution in [0.4, 0.5) is 0 Å². The Bertz CT molecular complexity index is 1110. The zero-order chi connectivity index (χ0) is 19.3. The van der Waals surface area contributed by atoms with Crippen molar-refractivity contribution in [2.75, 3.05) is 6.54 Å². The van der Waals surface area contributed by atoms with Gasteiger partial charge in [0.05, 0.1) is 16.7 Å². The number of amides is 3. The third-order valence-corrected chi connectivity index (χ3v) is 5.61. The Morgan fingerprint density at radius 2 is 1.46 bits per heavy atom. The van der Waals surface area contributed by atoms with Gasteiger partial charge in [0, 0.05) is 0 Å². The largest absolute Gasteiger partial charge is 0.345 e. The van der Waals surface area contributed by atoms with E-state index in [0.29, 0.717) is 11.1 Å². The van der Waals surface area contributed by atoms with E-state index in [1.165, 1.54) is 0 Å². The lowest BCUT2D eigenvalue weighted by Crippen LogP contribution is -2.44. The van der Waals surface area contributed by atoms with Crippen molar-refractivity contribution in [3.05, 3.63) is 83.4 Å². The van der Waals surface area contributed by atoms with Crippen LogP contribution in [0.1, 0.15) is 39.1 Å². The first kappa shape index (κ1) is 16.7. The zero-order valence-corrected chi connectivity index (χ0v) is 15.1. The molecule has 3 amide bonds. The molecule has 1 aliphatic heterocycles. The minimum absolute atomic E-state index is 0.265.